The van der Waals surface area contributed by atoms with Gasteiger partial charge in [-0.15, -0.1) is 0 Å². The molecule has 3 nitrogen and oxygen atoms in total. The second kappa shape index (κ2) is 4.07. The second-order valence-corrected chi connectivity index (χ2v) is 4.58. The average Bonchev–Trinajstić information content (AvgIpc) is 2.59. The molecule has 0 amide bonds. The van der Waals surface area contributed by atoms with E-state index in [0.29, 0.717) is 6.17 Å². The maximum absolute atomic E-state index is 5.30. The molecule has 86 valence electrons. The molecule has 1 aromatic rings. The lowest BCUT2D eigenvalue weighted by Crippen LogP contribution is -2.37. The van der Waals surface area contributed by atoms with Crippen molar-refractivity contribution in [2.75, 3.05) is 33.3 Å². The summed E-state index contributed by atoms with van der Waals surface area (Å²) in [5.41, 5.74) is 1.37. The van der Waals surface area contributed by atoms with Crippen LogP contribution in [-0.4, -0.2) is 43.1 Å². The SMILES string of the molecule is COc1cccc(C2N3CCCN2CC3)c1. The van der Waals surface area contributed by atoms with Crippen molar-refractivity contribution in [3.8, 4) is 5.75 Å². The highest BCUT2D eigenvalue weighted by Gasteiger charge is 2.35. The monoisotopic (exact) mass is 218 g/mol. The molecule has 2 aliphatic heterocycles. The molecular weight excluding hydrogens is 200 g/mol. The van der Waals surface area contributed by atoms with Crippen LogP contribution in [-0.2, 0) is 0 Å². The van der Waals surface area contributed by atoms with Crippen molar-refractivity contribution in [2.45, 2.75) is 12.6 Å². The summed E-state index contributed by atoms with van der Waals surface area (Å²) in [5, 5.41) is 0. The molecule has 2 bridgehead atoms. The molecule has 0 N–H and O–H groups in total. The van der Waals surface area contributed by atoms with E-state index in [1.165, 1.54) is 38.2 Å². The Labute approximate surface area is 96.6 Å². The Bertz CT molecular complexity index is 364. The lowest BCUT2D eigenvalue weighted by molar-refractivity contribution is 0.0926. The van der Waals surface area contributed by atoms with Crippen LogP contribution in [0.4, 0.5) is 0 Å². The Balaban J connectivity index is 1.91. The van der Waals surface area contributed by atoms with E-state index in [1.54, 1.807) is 7.11 Å². The molecule has 2 fully saturated rings. The van der Waals surface area contributed by atoms with Gasteiger partial charge < -0.3 is 4.74 Å². The normalized spacial score (nSPS) is 32.7. The molecule has 16 heavy (non-hydrogen) atoms. The van der Waals surface area contributed by atoms with Gasteiger partial charge in [0, 0.05) is 26.2 Å². The molecule has 2 heterocycles. The number of methoxy groups -OCH3 is 1. The smallest absolute Gasteiger partial charge is 0.119 e. The van der Waals surface area contributed by atoms with Gasteiger partial charge in [-0.2, -0.15) is 0 Å². The van der Waals surface area contributed by atoms with Crippen molar-refractivity contribution >= 4 is 0 Å². The fourth-order valence-corrected chi connectivity index (χ4v) is 2.90. The number of ether oxygens (including phenoxy) is 1. The first-order valence-corrected chi connectivity index (χ1v) is 6.00. The van der Waals surface area contributed by atoms with Crippen LogP contribution in [0.3, 0.4) is 0 Å². The van der Waals surface area contributed by atoms with Crippen LogP contribution >= 0.6 is 0 Å². The summed E-state index contributed by atoms with van der Waals surface area (Å²) in [5.74, 6) is 0.963. The van der Waals surface area contributed by atoms with Gasteiger partial charge >= 0.3 is 0 Å². The maximum atomic E-state index is 5.30. The number of rotatable bonds is 2. The quantitative estimate of drug-likeness (QED) is 0.751. The largest absolute Gasteiger partial charge is 0.497 e. The molecule has 0 aliphatic carbocycles. The number of benzene rings is 1. The highest BCUT2D eigenvalue weighted by Crippen LogP contribution is 2.34. The van der Waals surface area contributed by atoms with Gasteiger partial charge in [0.25, 0.3) is 0 Å². The van der Waals surface area contributed by atoms with Gasteiger partial charge in [-0.3, -0.25) is 9.80 Å². The number of nitrogens with zero attached hydrogens (tertiary/aromatic N) is 2. The van der Waals surface area contributed by atoms with Gasteiger partial charge in [-0.1, -0.05) is 12.1 Å². The van der Waals surface area contributed by atoms with E-state index >= 15 is 0 Å². The molecule has 2 atom stereocenters. The van der Waals surface area contributed by atoms with Crippen molar-refractivity contribution < 1.29 is 4.74 Å². The van der Waals surface area contributed by atoms with Crippen LogP contribution in [0.1, 0.15) is 18.2 Å². The Hall–Kier alpha value is -1.06. The third-order valence-electron chi connectivity index (χ3n) is 3.65. The molecule has 3 heteroatoms. The molecule has 2 aliphatic rings. The predicted octanol–water partition coefficient (Wildman–Crippen LogP) is 1.72. The Morgan fingerprint density at radius 2 is 1.88 bits per heavy atom. The van der Waals surface area contributed by atoms with Crippen molar-refractivity contribution in [1.29, 1.82) is 0 Å². The minimum atomic E-state index is 0.490. The molecule has 0 radical (unpaired) electrons. The van der Waals surface area contributed by atoms with Crippen molar-refractivity contribution in [2.24, 2.45) is 0 Å². The van der Waals surface area contributed by atoms with Crippen LogP contribution < -0.4 is 4.74 Å². The minimum Gasteiger partial charge on any atom is -0.497 e. The van der Waals surface area contributed by atoms with Crippen molar-refractivity contribution in [3.63, 3.8) is 0 Å². The summed E-state index contributed by atoms with van der Waals surface area (Å²) < 4.78 is 5.30. The summed E-state index contributed by atoms with van der Waals surface area (Å²) in [6.07, 6.45) is 1.80. The van der Waals surface area contributed by atoms with E-state index in [1.807, 2.05) is 6.07 Å². The molecule has 0 spiro atoms. The van der Waals surface area contributed by atoms with Gasteiger partial charge in [0.2, 0.25) is 0 Å². The molecule has 0 aromatic heterocycles. The zero-order chi connectivity index (χ0) is 11.0. The van der Waals surface area contributed by atoms with Gasteiger partial charge in [-0.25, -0.2) is 0 Å². The second-order valence-electron chi connectivity index (χ2n) is 4.58. The van der Waals surface area contributed by atoms with Crippen LogP contribution in [0.2, 0.25) is 0 Å². The van der Waals surface area contributed by atoms with Crippen molar-refractivity contribution in [1.82, 2.24) is 9.80 Å². The lowest BCUT2D eigenvalue weighted by atomic mass is 10.1. The number of fused-ring (bicyclic) bond motifs is 2. The first kappa shape index (κ1) is 10.1. The van der Waals surface area contributed by atoms with E-state index < -0.39 is 0 Å². The van der Waals surface area contributed by atoms with Gasteiger partial charge in [0.05, 0.1) is 13.3 Å². The highest BCUT2D eigenvalue weighted by atomic mass is 16.5. The van der Waals surface area contributed by atoms with E-state index in [-0.39, 0.29) is 0 Å². The standard InChI is InChI=1S/C13H18N2O/c1-16-12-5-2-4-11(10-12)13-14-6-3-7-15(13)9-8-14/h2,4-5,10,13H,3,6-9H2,1H3. The van der Waals surface area contributed by atoms with Crippen LogP contribution in [0, 0.1) is 0 Å². The van der Waals surface area contributed by atoms with E-state index in [2.05, 4.69) is 28.0 Å². The van der Waals surface area contributed by atoms with E-state index in [0.717, 1.165) is 5.75 Å². The number of hydrogen-bond acceptors (Lipinski definition) is 3. The molecule has 1 aromatic carbocycles. The summed E-state index contributed by atoms with van der Waals surface area (Å²) in [6.45, 7) is 4.89. The van der Waals surface area contributed by atoms with Gasteiger partial charge in [0.1, 0.15) is 5.75 Å². The molecule has 2 unspecified atom stereocenters. The van der Waals surface area contributed by atoms with Crippen LogP contribution in [0.25, 0.3) is 0 Å². The molecule has 3 rings (SSSR count). The summed E-state index contributed by atoms with van der Waals surface area (Å²) in [6, 6.07) is 8.48. The third-order valence-corrected chi connectivity index (χ3v) is 3.65. The topological polar surface area (TPSA) is 15.7 Å². The summed E-state index contributed by atoms with van der Waals surface area (Å²) in [7, 11) is 1.73. The van der Waals surface area contributed by atoms with Crippen LogP contribution in [0.5, 0.6) is 5.75 Å². The molecular formula is C13H18N2O. The van der Waals surface area contributed by atoms with Gasteiger partial charge in [0.15, 0.2) is 0 Å². The van der Waals surface area contributed by atoms with E-state index in [9.17, 15) is 0 Å². The third kappa shape index (κ3) is 1.60. The predicted molar refractivity (Wildman–Crippen MR) is 63.5 cm³/mol. The lowest BCUT2D eigenvalue weighted by Gasteiger charge is -2.35. The summed E-state index contributed by atoms with van der Waals surface area (Å²) >= 11 is 0. The molecule has 2 saturated heterocycles. The zero-order valence-electron chi connectivity index (χ0n) is 9.72. The van der Waals surface area contributed by atoms with Crippen molar-refractivity contribution in [3.05, 3.63) is 29.8 Å². The Kier molecular flexibility index (Phi) is 2.58. The first-order chi connectivity index (χ1) is 7.88. The highest BCUT2D eigenvalue weighted by molar-refractivity contribution is 5.31. The Morgan fingerprint density at radius 1 is 1.12 bits per heavy atom. The fraction of sp³-hybridized carbons (Fsp3) is 0.538. The first-order valence-electron chi connectivity index (χ1n) is 6.00. The van der Waals surface area contributed by atoms with E-state index in [4.69, 9.17) is 4.74 Å². The maximum Gasteiger partial charge on any atom is 0.119 e. The van der Waals surface area contributed by atoms with Gasteiger partial charge in [-0.05, 0) is 24.1 Å². The fourth-order valence-electron chi connectivity index (χ4n) is 2.90. The summed E-state index contributed by atoms with van der Waals surface area (Å²) in [4.78, 5) is 5.14. The number of hydrogen-bond donors (Lipinski definition) is 0. The Morgan fingerprint density at radius 3 is 2.56 bits per heavy atom. The van der Waals surface area contributed by atoms with Crippen LogP contribution in [0.15, 0.2) is 24.3 Å². The minimum absolute atomic E-state index is 0.490. The molecule has 0 saturated carbocycles. The zero-order valence-corrected chi connectivity index (χ0v) is 9.72. The average molecular weight is 218 g/mol.